The van der Waals surface area contributed by atoms with Gasteiger partial charge in [0.2, 0.25) is 5.95 Å². The van der Waals surface area contributed by atoms with E-state index in [0.717, 1.165) is 42.7 Å². The van der Waals surface area contributed by atoms with E-state index in [0.29, 0.717) is 22.7 Å². The Hall–Kier alpha value is -3.78. The number of carbonyl (C=O) groups is 1. The van der Waals surface area contributed by atoms with Gasteiger partial charge in [-0.2, -0.15) is 4.98 Å². The first kappa shape index (κ1) is 21.1. The maximum atomic E-state index is 13.1. The molecule has 0 radical (unpaired) electrons. The first-order chi connectivity index (χ1) is 16.2. The summed E-state index contributed by atoms with van der Waals surface area (Å²) in [4.78, 5) is 17.2. The SMILES string of the molecule is O=C(NC1CCNCC1)c1ccc(Nc2nc3c(-c4cccc(CF)c4)cccn3n2)cc1. The van der Waals surface area contributed by atoms with Crippen LogP contribution in [0.25, 0.3) is 16.8 Å². The molecule has 3 heterocycles. The Kier molecular flexibility index (Phi) is 5.99. The van der Waals surface area contributed by atoms with Gasteiger partial charge in [-0.15, -0.1) is 5.10 Å². The second-order valence-corrected chi connectivity index (χ2v) is 8.16. The summed E-state index contributed by atoms with van der Waals surface area (Å²) in [6, 6.07) is 18.7. The summed E-state index contributed by atoms with van der Waals surface area (Å²) < 4.78 is 14.8. The van der Waals surface area contributed by atoms with Crippen LogP contribution in [-0.2, 0) is 6.67 Å². The minimum absolute atomic E-state index is 0.0561. The average molecular weight is 445 g/mol. The van der Waals surface area contributed by atoms with Gasteiger partial charge in [0, 0.05) is 29.1 Å². The average Bonchev–Trinajstić information content (AvgIpc) is 3.27. The minimum Gasteiger partial charge on any atom is -0.349 e. The number of amides is 1. The fourth-order valence-corrected chi connectivity index (χ4v) is 4.08. The molecule has 2 aromatic carbocycles. The van der Waals surface area contributed by atoms with E-state index >= 15 is 0 Å². The second kappa shape index (κ2) is 9.38. The van der Waals surface area contributed by atoms with Gasteiger partial charge in [-0.25, -0.2) is 8.91 Å². The number of rotatable bonds is 6. The molecule has 0 unspecified atom stereocenters. The molecule has 5 rings (SSSR count). The van der Waals surface area contributed by atoms with Crippen LogP contribution < -0.4 is 16.0 Å². The molecular formula is C25H25FN6O. The van der Waals surface area contributed by atoms with Gasteiger partial charge in [0.15, 0.2) is 5.65 Å². The summed E-state index contributed by atoms with van der Waals surface area (Å²) in [5.41, 5.74) is 4.46. The number of piperidine rings is 1. The van der Waals surface area contributed by atoms with E-state index in [2.05, 4.69) is 26.0 Å². The molecule has 1 fully saturated rings. The summed E-state index contributed by atoms with van der Waals surface area (Å²) in [6.07, 6.45) is 3.72. The number of pyridine rings is 1. The van der Waals surface area contributed by atoms with Crippen LogP contribution in [0.2, 0.25) is 0 Å². The fraction of sp³-hybridized carbons (Fsp3) is 0.240. The van der Waals surface area contributed by atoms with Gasteiger partial charge >= 0.3 is 0 Å². The van der Waals surface area contributed by atoms with Crippen molar-refractivity contribution >= 4 is 23.2 Å². The molecule has 0 atom stereocenters. The zero-order chi connectivity index (χ0) is 22.6. The van der Waals surface area contributed by atoms with Gasteiger partial charge in [-0.3, -0.25) is 4.79 Å². The highest BCUT2D eigenvalue weighted by atomic mass is 19.1. The Morgan fingerprint density at radius 1 is 1.09 bits per heavy atom. The fourth-order valence-electron chi connectivity index (χ4n) is 4.08. The summed E-state index contributed by atoms with van der Waals surface area (Å²) in [7, 11) is 0. The van der Waals surface area contributed by atoms with Gasteiger partial charge in [0.05, 0.1) is 0 Å². The molecule has 3 N–H and O–H groups in total. The molecular weight excluding hydrogens is 419 g/mol. The molecule has 1 aliphatic heterocycles. The number of nitrogens with zero attached hydrogens (tertiary/aromatic N) is 3. The number of anilines is 2. The maximum Gasteiger partial charge on any atom is 0.251 e. The zero-order valence-electron chi connectivity index (χ0n) is 18.1. The number of alkyl halides is 1. The highest BCUT2D eigenvalue weighted by Crippen LogP contribution is 2.26. The van der Waals surface area contributed by atoms with Crippen LogP contribution in [-0.4, -0.2) is 39.6 Å². The molecule has 1 amide bonds. The third-order valence-electron chi connectivity index (χ3n) is 5.83. The molecule has 4 aromatic rings. The Labute approximate surface area is 191 Å². The van der Waals surface area contributed by atoms with Crippen molar-refractivity contribution in [2.45, 2.75) is 25.6 Å². The number of hydrogen-bond donors (Lipinski definition) is 3. The number of carbonyl (C=O) groups excluding carboxylic acids is 1. The molecule has 1 saturated heterocycles. The predicted molar refractivity (Wildman–Crippen MR) is 126 cm³/mol. The lowest BCUT2D eigenvalue weighted by Gasteiger charge is -2.23. The Morgan fingerprint density at radius 3 is 2.70 bits per heavy atom. The lowest BCUT2D eigenvalue weighted by molar-refractivity contribution is 0.0929. The topological polar surface area (TPSA) is 83.4 Å². The van der Waals surface area contributed by atoms with E-state index in [1.807, 2.05) is 48.7 Å². The van der Waals surface area contributed by atoms with Crippen LogP contribution in [0.3, 0.4) is 0 Å². The van der Waals surface area contributed by atoms with Gasteiger partial charge < -0.3 is 16.0 Å². The van der Waals surface area contributed by atoms with E-state index in [1.54, 1.807) is 22.7 Å². The summed E-state index contributed by atoms with van der Waals surface area (Å²) in [5, 5.41) is 14.1. The molecule has 0 bridgehead atoms. The van der Waals surface area contributed by atoms with Crippen LogP contribution in [0.5, 0.6) is 0 Å². The van der Waals surface area contributed by atoms with Crippen molar-refractivity contribution in [1.29, 1.82) is 0 Å². The number of nitrogens with one attached hydrogen (secondary N) is 3. The third kappa shape index (κ3) is 4.70. The van der Waals surface area contributed by atoms with E-state index in [9.17, 15) is 9.18 Å². The van der Waals surface area contributed by atoms with Crippen LogP contribution in [0.4, 0.5) is 16.0 Å². The van der Waals surface area contributed by atoms with E-state index in [-0.39, 0.29) is 11.9 Å². The maximum absolute atomic E-state index is 13.1. The highest BCUT2D eigenvalue weighted by molar-refractivity contribution is 5.94. The van der Waals surface area contributed by atoms with E-state index in [1.165, 1.54) is 0 Å². The highest BCUT2D eigenvalue weighted by Gasteiger charge is 2.16. The lowest BCUT2D eigenvalue weighted by Crippen LogP contribution is -2.42. The van der Waals surface area contributed by atoms with Crippen LogP contribution in [0, 0.1) is 0 Å². The smallest absolute Gasteiger partial charge is 0.251 e. The Morgan fingerprint density at radius 2 is 1.91 bits per heavy atom. The Balaban J connectivity index is 1.32. The quantitative estimate of drug-likeness (QED) is 0.417. The molecule has 168 valence electrons. The number of halogens is 1. The monoisotopic (exact) mass is 444 g/mol. The molecule has 0 aliphatic carbocycles. The van der Waals surface area contributed by atoms with Crippen LogP contribution in [0.15, 0.2) is 66.9 Å². The largest absolute Gasteiger partial charge is 0.349 e. The van der Waals surface area contributed by atoms with Gasteiger partial charge in [0.1, 0.15) is 6.67 Å². The van der Waals surface area contributed by atoms with Crippen molar-refractivity contribution in [3.63, 3.8) is 0 Å². The van der Waals surface area contributed by atoms with E-state index in [4.69, 9.17) is 0 Å². The van der Waals surface area contributed by atoms with Crippen molar-refractivity contribution < 1.29 is 9.18 Å². The van der Waals surface area contributed by atoms with Gasteiger partial charge in [0.25, 0.3) is 5.91 Å². The van der Waals surface area contributed by atoms with Crippen molar-refractivity contribution in [3.8, 4) is 11.1 Å². The van der Waals surface area contributed by atoms with Crippen molar-refractivity contribution in [2.75, 3.05) is 18.4 Å². The van der Waals surface area contributed by atoms with E-state index < -0.39 is 6.67 Å². The molecule has 33 heavy (non-hydrogen) atoms. The summed E-state index contributed by atoms with van der Waals surface area (Å²) in [5.74, 6) is 0.385. The second-order valence-electron chi connectivity index (χ2n) is 8.16. The number of fused-ring (bicyclic) bond motifs is 1. The molecule has 0 spiro atoms. The Bertz CT molecular complexity index is 1260. The van der Waals surface area contributed by atoms with Crippen molar-refractivity contribution in [1.82, 2.24) is 25.2 Å². The lowest BCUT2D eigenvalue weighted by atomic mass is 10.0. The number of hydrogen-bond acceptors (Lipinski definition) is 5. The normalized spacial score (nSPS) is 14.3. The predicted octanol–water partition coefficient (Wildman–Crippen LogP) is 4.09. The first-order valence-electron chi connectivity index (χ1n) is 11.1. The molecule has 8 heteroatoms. The van der Waals surface area contributed by atoms with Crippen molar-refractivity contribution in [2.24, 2.45) is 0 Å². The molecule has 1 aliphatic rings. The number of aromatic nitrogens is 3. The number of benzene rings is 2. The minimum atomic E-state index is -0.512. The van der Waals surface area contributed by atoms with Gasteiger partial charge in [-0.1, -0.05) is 18.2 Å². The first-order valence-corrected chi connectivity index (χ1v) is 11.1. The van der Waals surface area contributed by atoms with Gasteiger partial charge in [-0.05, 0) is 79.5 Å². The van der Waals surface area contributed by atoms with Crippen LogP contribution in [0.1, 0.15) is 28.8 Å². The molecule has 2 aromatic heterocycles. The third-order valence-corrected chi connectivity index (χ3v) is 5.83. The molecule has 0 saturated carbocycles. The standard InChI is InChI=1S/C25H25FN6O/c26-16-17-3-1-4-19(15-17)22-5-2-14-32-23(22)30-25(31-32)29-20-8-6-18(7-9-20)24(33)28-21-10-12-27-13-11-21/h1-9,14-15,21,27H,10-13,16H2,(H,28,33)(H,29,31). The summed E-state index contributed by atoms with van der Waals surface area (Å²) >= 11 is 0. The zero-order valence-corrected chi connectivity index (χ0v) is 18.1. The van der Waals surface area contributed by atoms with Crippen molar-refractivity contribution in [3.05, 3.63) is 78.0 Å². The summed E-state index contributed by atoms with van der Waals surface area (Å²) in [6.45, 7) is 1.36. The molecule has 7 nitrogen and oxygen atoms in total. The van der Waals surface area contributed by atoms with Crippen LogP contribution >= 0.6 is 0 Å².